The van der Waals surface area contributed by atoms with Crippen molar-refractivity contribution in [3.8, 4) is 0 Å². The largest absolute Gasteiger partial charge is 0.481 e. The highest BCUT2D eigenvalue weighted by Gasteiger charge is 2.11. The van der Waals surface area contributed by atoms with E-state index in [4.69, 9.17) is 5.11 Å². The number of hydrogen-bond donors (Lipinski definition) is 1. The molecule has 0 saturated heterocycles. The highest BCUT2D eigenvalue weighted by Crippen LogP contribution is 2.19. The molecule has 0 amide bonds. The molecule has 0 unspecified atom stereocenters. The second-order valence-electron chi connectivity index (χ2n) is 4.13. The molecule has 2 rings (SSSR count). The number of carboxylic acid groups (broad SMARTS) is 1. The third-order valence-electron chi connectivity index (χ3n) is 2.68. The minimum atomic E-state index is -0.940. The quantitative estimate of drug-likeness (QED) is 0.788. The first kappa shape index (κ1) is 13.5. The van der Waals surface area contributed by atoms with Crippen molar-refractivity contribution in [3.05, 3.63) is 40.6 Å². The van der Waals surface area contributed by atoms with E-state index < -0.39 is 5.97 Å². The number of rotatable bonds is 7. The summed E-state index contributed by atoms with van der Waals surface area (Å²) >= 11 is 1.44. The second-order valence-corrected chi connectivity index (χ2v) is 5.30. The Morgan fingerprint density at radius 1 is 1.32 bits per heavy atom. The van der Waals surface area contributed by atoms with Crippen LogP contribution in [0.2, 0.25) is 0 Å². The van der Waals surface area contributed by atoms with Crippen molar-refractivity contribution in [2.24, 2.45) is 0 Å². The molecule has 0 aromatic carbocycles. The summed E-state index contributed by atoms with van der Waals surface area (Å²) in [6, 6.07) is 3.70. The van der Waals surface area contributed by atoms with Gasteiger partial charge in [-0.15, -0.1) is 11.3 Å². The van der Waals surface area contributed by atoms with Crippen LogP contribution in [0, 0.1) is 0 Å². The zero-order valence-electron chi connectivity index (χ0n) is 10.3. The van der Waals surface area contributed by atoms with E-state index in [1.165, 1.54) is 11.3 Å². The van der Waals surface area contributed by atoms with Gasteiger partial charge < -0.3 is 9.67 Å². The summed E-state index contributed by atoms with van der Waals surface area (Å²) in [7, 11) is 0. The van der Waals surface area contributed by atoms with Gasteiger partial charge in [0.25, 0.3) is 0 Å². The van der Waals surface area contributed by atoms with Gasteiger partial charge in [0.1, 0.15) is 0 Å². The van der Waals surface area contributed by atoms with Gasteiger partial charge in [0.15, 0.2) is 5.78 Å². The third kappa shape index (κ3) is 4.03. The lowest BCUT2D eigenvalue weighted by Gasteiger charge is -1.99. The number of aromatic nitrogens is 2. The SMILES string of the molecule is O=C(O)CCC(=O)c1ccc(CCn2ccnc2)s1. The first-order valence-electron chi connectivity index (χ1n) is 5.94. The van der Waals surface area contributed by atoms with Gasteiger partial charge in [0.2, 0.25) is 0 Å². The zero-order chi connectivity index (χ0) is 13.7. The van der Waals surface area contributed by atoms with Crippen LogP contribution in [0.4, 0.5) is 0 Å². The Kier molecular flexibility index (Phi) is 4.46. The molecule has 0 fully saturated rings. The Balaban J connectivity index is 1.87. The van der Waals surface area contributed by atoms with Crippen LogP contribution in [0.25, 0.3) is 0 Å². The fraction of sp³-hybridized carbons (Fsp3) is 0.308. The minimum absolute atomic E-state index is 0.0663. The molecule has 19 heavy (non-hydrogen) atoms. The Morgan fingerprint density at radius 2 is 2.16 bits per heavy atom. The standard InChI is InChI=1S/C13H14N2O3S/c16-11(2-4-13(17)18)12-3-1-10(19-12)5-7-15-8-6-14-9-15/h1,3,6,8-9H,2,4-5,7H2,(H,17,18). The summed E-state index contributed by atoms with van der Waals surface area (Å²) in [6.45, 7) is 0.823. The number of thiophene rings is 1. The number of carbonyl (C=O) groups is 2. The lowest BCUT2D eigenvalue weighted by molar-refractivity contribution is -0.136. The maximum atomic E-state index is 11.7. The first-order valence-corrected chi connectivity index (χ1v) is 6.76. The van der Waals surface area contributed by atoms with Crippen molar-refractivity contribution < 1.29 is 14.7 Å². The normalized spacial score (nSPS) is 10.5. The molecule has 6 heteroatoms. The fourth-order valence-electron chi connectivity index (χ4n) is 1.66. The molecule has 0 aliphatic carbocycles. The van der Waals surface area contributed by atoms with E-state index in [0.717, 1.165) is 17.8 Å². The number of aliphatic carboxylic acids is 1. The number of nitrogens with zero attached hydrogens (tertiary/aromatic N) is 2. The van der Waals surface area contributed by atoms with Gasteiger partial charge in [-0.25, -0.2) is 4.98 Å². The van der Waals surface area contributed by atoms with Crippen LogP contribution < -0.4 is 0 Å². The molecule has 100 valence electrons. The monoisotopic (exact) mass is 278 g/mol. The van der Waals surface area contributed by atoms with Gasteiger partial charge >= 0.3 is 5.97 Å². The van der Waals surface area contributed by atoms with Crippen molar-refractivity contribution in [2.45, 2.75) is 25.8 Å². The lowest BCUT2D eigenvalue weighted by atomic mass is 10.2. The zero-order valence-corrected chi connectivity index (χ0v) is 11.1. The minimum Gasteiger partial charge on any atom is -0.481 e. The smallest absolute Gasteiger partial charge is 0.303 e. The van der Waals surface area contributed by atoms with E-state index in [1.807, 2.05) is 16.8 Å². The summed E-state index contributed by atoms with van der Waals surface area (Å²) in [6.07, 6.45) is 6.18. The molecule has 0 bridgehead atoms. The Labute approximate surface area is 114 Å². The Morgan fingerprint density at radius 3 is 2.84 bits per heavy atom. The molecule has 2 heterocycles. The predicted octanol–water partition coefficient (Wildman–Crippen LogP) is 2.23. The molecule has 0 aliphatic heterocycles. The highest BCUT2D eigenvalue weighted by atomic mass is 32.1. The van der Waals surface area contributed by atoms with Gasteiger partial charge in [0.05, 0.1) is 17.6 Å². The molecule has 5 nitrogen and oxygen atoms in total. The molecule has 1 N–H and O–H groups in total. The number of hydrogen-bond acceptors (Lipinski definition) is 4. The Hall–Kier alpha value is -1.95. The number of imidazole rings is 1. The van der Waals surface area contributed by atoms with Crippen molar-refractivity contribution in [3.63, 3.8) is 0 Å². The van der Waals surface area contributed by atoms with Gasteiger partial charge in [0, 0.05) is 30.2 Å². The summed E-state index contributed by atoms with van der Waals surface area (Å²) in [5, 5.41) is 8.55. The van der Waals surface area contributed by atoms with Crippen molar-refractivity contribution >= 4 is 23.1 Å². The van der Waals surface area contributed by atoms with Gasteiger partial charge in [-0.1, -0.05) is 0 Å². The van der Waals surface area contributed by atoms with Crippen molar-refractivity contribution in [1.29, 1.82) is 0 Å². The van der Waals surface area contributed by atoms with Crippen LogP contribution in [0.5, 0.6) is 0 Å². The topological polar surface area (TPSA) is 72.2 Å². The summed E-state index contributed by atoms with van der Waals surface area (Å²) < 4.78 is 1.98. The predicted molar refractivity (Wildman–Crippen MR) is 71.5 cm³/mol. The number of carboxylic acids is 1. The van der Waals surface area contributed by atoms with Crippen LogP contribution in [0.1, 0.15) is 27.4 Å². The molecule has 2 aromatic heterocycles. The fourth-order valence-corrected chi connectivity index (χ4v) is 2.63. The molecular weight excluding hydrogens is 264 g/mol. The van der Waals surface area contributed by atoms with Gasteiger partial charge in [-0.3, -0.25) is 9.59 Å². The molecule has 0 saturated carbocycles. The van der Waals surface area contributed by atoms with E-state index in [0.29, 0.717) is 4.88 Å². The number of aryl methyl sites for hydroxylation is 2. The lowest BCUT2D eigenvalue weighted by Crippen LogP contribution is -2.01. The average Bonchev–Trinajstić information content (AvgIpc) is 3.04. The van der Waals surface area contributed by atoms with Crippen LogP contribution in [-0.2, 0) is 17.8 Å². The summed E-state index contributed by atoms with van der Waals surface area (Å²) in [5.41, 5.74) is 0. The van der Waals surface area contributed by atoms with Crippen LogP contribution in [0.3, 0.4) is 0 Å². The summed E-state index contributed by atoms with van der Waals surface area (Å²) in [4.78, 5) is 27.9. The average molecular weight is 278 g/mol. The number of carbonyl (C=O) groups excluding carboxylic acids is 1. The molecule has 0 aliphatic rings. The number of ketones is 1. The van der Waals surface area contributed by atoms with E-state index in [2.05, 4.69) is 4.98 Å². The molecule has 2 aromatic rings. The number of Topliss-reactive ketones (excluding diaryl/α,β-unsaturated/α-hetero) is 1. The van der Waals surface area contributed by atoms with E-state index >= 15 is 0 Å². The van der Waals surface area contributed by atoms with Crippen LogP contribution in [0.15, 0.2) is 30.9 Å². The van der Waals surface area contributed by atoms with Gasteiger partial charge in [-0.05, 0) is 18.6 Å². The second kappa shape index (κ2) is 6.29. The van der Waals surface area contributed by atoms with Crippen LogP contribution >= 0.6 is 11.3 Å². The maximum absolute atomic E-state index is 11.7. The van der Waals surface area contributed by atoms with Crippen molar-refractivity contribution in [1.82, 2.24) is 9.55 Å². The van der Waals surface area contributed by atoms with Crippen LogP contribution in [-0.4, -0.2) is 26.4 Å². The van der Waals surface area contributed by atoms with E-state index in [1.54, 1.807) is 18.6 Å². The Bertz CT molecular complexity index is 560. The summed E-state index contributed by atoms with van der Waals surface area (Å²) in [5.74, 6) is -1.04. The first-order chi connectivity index (χ1) is 9.15. The van der Waals surface area contributed by atoms with E-state index in [9.17, 15) is 9.59 Å². The molecule has 0 radical (unpaired) electrons. The highest BCUT2D eigenvalue weighted by molar-refractivity contribution is 7.14. The molecule has 0 atom stereocenters. The third-order valence-corrected chi connectivity index (χ3v) is 3.86. The maximum Gasteiger partial charge on any atom is 0.303 e. The molecule has 0 spiro atoms. The van der Waals surface area contributed by atoms with Gasteiger partial charge in [-0.2, -0.15) is 0 Å². The van der Waals surface area contributed by atoms with E-state index in [-0.39, 0.29) is 18.6 Å². The molecular formula is C13H14N2O3S. The van der Waals surface area contributed by atoms with Crippen molar-refractivity contribution in [2.75, 3.05) is 0 Å².